The summed E-state index contributed by atoms with van der Waals surface area (Å²) in [4.78, 5) is 148. The molecule has 3 aromatic carbocycles. The molecule has 464 valence electrons. The van der Waals surface area contributed by atoms with Crippen molar-refractivity contribution >= 4 is 82.2 Å². The zero-order valence-corrected chi connectivity index (χ0v) is 50.8. The van der Waals surface area contributed by atoms with E-state index in [-0.39, 0.29) is 90.9 Å². The summed E-state index contributed by atoms with van der Waals surface area (Å²) in [5.41, 5.74) is 3.79. The Balaban J connectivity index is 0.865. The number of nitrogens with one attached hydrogen (secondary N) is 4. The van der Waals surface area contributed by atoms with E-state index in [1.165, 1.54) is 21.9 Å². The Morgan fingerprint density at radius 2 is 1.61 bits per heavy atom. The number of imide groups is 1. The van der Waals surface area contributed by atoms with E-state index in [2.05, 4.69) is 53.9 Å². The number of likely N-dealkylation sites (N-methyl/N-ethyl adjacent to an activating group) is 1. The SMILES string of the molecule is CCN1CC[C@H]2CC[C@@H](C(=O)NC(CCC(N)=O)C(=O)NC(Cc3ccc(C(C)(C)C)cc3)C(=O)N3CCC(CCC#Cc4cccc5c4CN(C4CCC(=O)NC4=O)C5=O)CC3)N2C(=O)[C@@H](NC(=O)c2cc3cc(C(F)(F)P(=O)(O)O)ccc3s2)C1. The Hall–Kier alpha value is -7.42. The van der Waals surface area contributed by atoms with Crippen LogP contribution in [0.15, 0.2) is 66.7 Å². The highest BCUT2D eigenvalue weighted by Crippen LogP contribution is 2.59. The molecule has 4 saturated heterocycles. The summed E-state index contributed by atoms with van der Waals surface area (Å²) in [5, 5.41) is 11.0. The largest absolute Gasteiger partial charge is 0.399 e. The molecule has 5 aliphatic heterocycles. The highest BCUT2D eigenvalue weighted by atomic mass is 32.1. The molecule has 3 unspecified atom stereocenters. The third-order valence-corrected chi connectivity index (χ3v) is 19.5. The maximum absolute atomic E-state index is 14.8. The van der Waals surface area contributed by atoms with Crippen molar-refractivity contribution in [2.75, 3.05) is 32.7 Å². The molecule has 0 spiro atoms. The van der Waals surface area contributed by atoms with Gasteiger partial charge in [0.15, 0.2) is 0 Å². The van der Waals surface area contributed by atoms with E-state index in [1.807, 2.05) is 42.2 Å². The predicted octanol–water partition coefficient (Wildman–Crippen LogP) is 4.92. The van der Waals surface area contributed by atoms with Gasteiger partial charge in [0.1, 0.15) is 30.2 Å². The van der Waals surface area contributed by atoms with Crippen LogP contribution in [0.2, 0.25) is 0 Å². The Morgan fingerprint density at radius 1 is 0.885 bits per heavy atom. The first-order chi connectivity index (χ1) is 41.2. The van der Waals surface area contributed by atoms with E-state index in [0.29, 0.717) is 74.1 Å². The van der Waals surface area contributed by atoms with Crippen molar-refractivity contribution in [2.45, 2.75) is 159 Å². The molecule has 21 nitrogen and oxygen atoms in total. The number of likely N-dealkylation sites (tertiary alicyclic amines) is 1. The van der Waals surface area contributed by atoms with Crippen molar-refractivity contribution in [3.63, 3.8) is 0 Å². The van der Waals surface area contributed by atoms with Crippen LogP contribution in [0.4, 0.5) is 8.78 Å². The lowest BCUT2D eigenvalue weighted by molar-refractivity contribution is -0.144. The predicted molar refractivity (Wildman–Crippen MR) is 318 cm³/mol. The number of primary amides is 1. The van der Waals surface area contributed by atoms with Crippen LogP contribution in [0, 0.1) is 17.8 Å². The van der Waals surface area contributed by atoms with Crippen molar-refractivity contribution in [1.29, 1.82) is 0 Å². The molecule has 0 bridgehead atoms. The summed E-state index contributed by atoms with van der Waals surface area (Å²) >= 11 is 0.930. The molecule has 8 N–H and O–H groups in total. The fraction of sp³-hybridized carbons (Fsp3) is 0.500. The minimum atomic E-state index is -5.88. The number of amides is 9. The third kappa shape index (κ3) is 14.6. The molecule has 25 heteroatoms. The van der Waals surface area contributed by atoms with Crippen LogP contribution in [0.1, 0.15) is 146 Å². The Kier molecular flexibility index (Phi) is 19.5. The summed E-state index contributed by atoms with van der Waals surface area (Å²) in [6, 6.07) is 11.5. The lowest BCUT2D eigenvalue weighted by Crippen LogP contribution is -2.62. The Bertz CT molecular complexity index is 3480. The molecule has 6 heterocycles. The van der Waals surface area contributed by atoms with Crippen LogP contribution in [0.3, 0.4) is 0 Å². The smallest absolute Gasteiger partial charge is 0.370 e. The zero-order chi connectivity index (χ0) is 62.7. The summed E-state index contributed by atoms with van der Waals surface area (Å²) in [6.45, 7) is 10.2. The standard InChI is InChI=1S/C62H74F2N9O12PS/c1-5-70-28-27-42-18-20-49(73(42)60(82)47(35-70)68-57(79)51-33-39-32-41(17-22-50(39)87-51)62(63,64)86(83,84)85)56(78)66-45(19-23-52(65)74)54(76)67-46(31-37-13-15-40(16-14-37)61(2,3)4)59(81)71-29-25-36(26-30-71)9-6-7-10-38-11-8-12-43-44(38)34-72(58(43)80)48-21-24-53(75)69-55(48)77/h8,11-17,22,32-33,36,42,45-49H,5-6,9,18-21,23-31,34-35H2,1-4H3,(H2,65,74)(H,66,78)(H,67,76)(H,68,79)(H,69,75,77)(H2,83,84,85)/t42-,45?,46?,47+,48?,49+/m1/s1. The molecule has 0 radical (unpaired) electrons. The molecule has 0 saturated carbocycles. The number of nitrogens with zero attached hydrogens (tertiary/aromatic N) is 4. The van der Waals surface area contributed by atoms with Gasteiger partial charge in [-0.15, -0.1) is 11.3 Å². The van der Waals surface area contributed by atoms with Gasteiger partial charge in [-0.3, -0.25) is 53.0 Å². The van der Waals surface area contributed by atoms with Crippen LogP contribution in [-0.2, 0) is 62.2 Å². The number of piperidine rings is 2. The second kappa shape index (κ2) is 26.5. The molecule has 0 aliphatic carbocycles. The van der Waals surface area contributed by atoms with Crippen molar-refractivity contribution in [2.24, 2.45) is 11.7 Å². The lowest BCUT2D eigenvalue weighted by Gasteiger charge is -2.38. The number of nitrogens with two attached hydrogens (primary N) is 1. The van der Waals surface area contributed by atoms with Gasteiger partial charge in [-0.25, -0.2) is 0 Å². The first-order valence-corrected chi connectivity index (χ1v) is 32.0. The van der Waals surface area contributed by atoms with Gasteiger partial charge in [0, 0.05) is 85.8 Å². The summed E-state index contributed by atoms with van der Waals surface area (Å²) in [5.74, 6) is 1.84. The number of rotatable bonds is 18. The van der Waals surface area contributed by atoms with E-state index in [9.17, 15) is 66.3 Å². The first-order valence-electron chi connectivity index (χ1n) is 29.6. The second-order valence-electron chi connectivity index (χ2n) is 24.3. The second-order valence-corrected chi connectivity index (χ2v) is 27.0. The zero-order valence-electron chi connectivity index (χ0n) is 49.1. The molecule has 4 aromatic rings. The van der Waals surface area contributed by atoms with Crippen LogP contribution in [0.5, 0.6) is 0 Å². The fourth-order valence-electron chi connectivity index (χ4n) is 12.3. The summed E-state index contributed by atoms with van der Waals surface area (Å²) < 4.78 is 41.3. The van der Waals surface area contributed by atoms with E-state index in [0.717, 1.165) is 46.6 Å². The molecule has 1 aromatic heterocycles. The van der Waals surface area contributed by atoms with Crippen molar-refractivity contribution < 1.29 is 66.3 Å². The van der Waals surface area contributed by atoms with Gasteiger partial charge in [0.2, 0.25) is 41.4 Å². The third-order valence-electron chi connectivity index (χ3n) is 17.4. The average Bonchev–Trinajstić information content (AvgIpc) is 1.80. The first kappa shape index (κ1) is 64.1. The minimum Gasteiger partial charge on any atom is -0.370 e. The van der Waals surface area contributed by atoms with Crippen molar-refractivity contribution in [3.8, 4) is 11.8 Å². The summed E-state index contributed by atoms with van der Waals surface area (Å²) in [7, 11) is -5.88. The van der Waals surface area contributed by atoms with Crippen molar-refractivity contribution in [1.82, 2.24) is 40.9 Å². The topological polar surface area (TPSA) is 298 Å². The number of alkyl halides is 2. The van der Waals surface area contributed by atoms with E-state index >= 15 is 0 Å². The number of fused-ring (bicyclic) bond motifs is 3. The number of carbonyl (C=O) groups excluding carboxylic acids is 9. The number of carbonyl (C=O) groups is 9. The fourth-order valence-corrected chi connectivity index (χ4v) is 13.7. The van der Waals surface area contributed by atoms with Crippen LogP contribution in [-0.4, -0.2) is 152 Å². The van der Waals surface area contributed by atoms with E-state index in [1.54, 1.807) is 17.0 Å². The van der Waals surface area contributed by atoms with Gasteiger partial charge in [-0.05, 0) is 122 Å². The minimum absolute atomic E-state index is 0.0360. The van der Waals surface area contributed by atoms with Crippen LogP contribution < -0.4 is 27.0 Å². The molecule has 9 amide bonds. The molecule has 9 rings (SSSR count). The Labute approximate surface area is 507 Å². The van der Waals surface area contributed by atoms with Gasteiger partial charge < -0.3 is 51.1 Å². The molecular formula is C62H74F2N9O12PS. The van der Waals surface area contributed by atoms with Gasteiger partial charge in [0.05, 0.1) is 4.88 Å². The van der Waals surface area contributed by atoms with Gasteiger partial charge in [-0.1, -0.05) is 75.9 Å². The molecule has 6 atom stereocenters. The molecule has 5 aliphatic rings. The number of thiophene rings is 1. The maximum Gasteiger partial charge on any atom is 0.399 e. The number of hydrogen-bond donors (Lipinski definition) is 7. The highest BCUT2D eigenvalue weighted by molar-refractivity contribution is 7.52. The highest BCUT2D eigenvalue weighted by Gasteiger charge is 2.51. The number of hydrogen-bond acceptors (Lipinski definition) is 12. The monoisotopic (exact) mass is 1240 g/mol. The average molecular weight is 1240 g/mol. The van der Waals surface area contributed by atoms with E-state index in [4.69, 9.17) is 5.73 Å². The van der Waals surface area contributed by atoms with Gasteiger partial charge >= 0.3 is 13.3 Å². The normalized spacial score (nSPS) is 21.2. The van der Waals surface area contributed by atoms with Gasteiger partial charge in [0.25, 0.3) is 11.8 Å². The van der Waals surface area contributed by atoms with Crippen LogP contribution in [0.25, 0.3) is 10.1 Å². The number of halogens is 2. The summed E-state index contributed by atoms with van der Waals surface area (Å²) in [6.07, 6.45) is 3.73. The molecular weight excluding hydrogens is 1160 g/mol. The lowest BCUT2D eigenvalue weighted by atomic mass is 9.86. The van der Waals surface area contributed by atoms with E-state index < -0.39 is 90.5 Å². The van der Waals surface area contributed by atoms with Crippen LogP contribution >= 0.6 is 18.9 Å². The quantitative estimate of drug-likeness (QED) is 0.0396. The Morgan fingerprint density at radius 3 is 2.29 bits per heavy atom. The molecule has 4 fully saturated rings. The number of benzene rings is 3. The maximum atomic E-state index is 14.8. The van der Waals surface area contributed by atoms with Crippen molar-refractivity contribution in [3.05, 3.63) is 105 Å². The van der Waals surface area contributed by atoms with Gasteiger partial charge in [-0.2, -0.15) is 8.78 Å². The molecule has 87 heavy (non-hydrogen) atoms.